The summed E-state index contributed by atoms with van der Waals surface area (Å²) < 4.78 is 12.7. The second-order valence-electron chi connectivity index (χ2n) is 3.36. The Morgan fingerprint density at radius 2 is 2.38 bits per heavy atom. The molecule has 68 valence electrons. The van der Waals surface area contributed by atoms with Gasteiger partial charge in [-0.3, -0.25) is 0 Å². The van der Waals surface area contributed by atoms with E-state index in [1.54, 1.807) is 6.07 Å². The first-order chi connectivity index (χ1) is 6.29. The molecule has 2 heteroatoms. The van der Waals surface area contributed by atoms with Crippen LogP contribution in [0.15, 0.2) is 29.8 Å². The Morgan fingerprint density at radius 3 is 3.00 bits per heavy atom. The van der Waals surface area contributed by atoms with Crippen molar-refractivity contribution in [1.82, 2.24) is 0 Å². The zero-order valence-corrected chi connectivity index (χ0v) is 7.20. The molecule has 0 bridgehead atoms. The van der Waals surface area contributed by atoms with E-state index in [2.05, 4.69) is 0 Å². The van der Waals surface area contributed by atoms with Crippen molar-refractivity contribution in [2.24, 2.45) is 5.92 Å². The Balaban J connectivity index is 2.15. The molecule has 0 aromatic heterocycles. The van der Waals surface area contributed by atoms with Crippen LogP contribution in [0.4, 0.5) is 4.39 Å². The van der Waals surface area contributed by atoms with Gasteiger partial charge in [0.1, 0.15) is 5.82 Å². The van der Waals surface area contributed by atoms with Gasteiger partial charge >= 0.3 is 0 Å². The first kappa shape index (κ1) is 8.45. The molecule has 1 saturated carbocycles. The Labute approximate surface area is 76.5 Å². The third-order valence-electron chi connectivity index (χ3n) is 2.27. The number of halogens is 1. The second-order valence-corrected chi connectivity index (χ2v) is 3.36. The van der Waals surface area contributed by atoms with Gasteiger partial charge in [0.05, 0.1) is 0 Å². The summed E-state index contributed by atoms with van der Waals surface area (Å²) in [6, 6.07) is 6.49. The summed E-state index contributed by atoms with van der Waals surface area (Å²) in [5.74, 6) is 0.110. The average Bonchev–Trinajstić information content (AvgIpc) is 2.83. The molecule has 1 aromatic rings. The molecule has 13 heavy (non-hydrogen) atoms. The molecule has 0 aliphatic heterocycles. The van der Waals surface area contributed by atoms with Crippen molar-refractivity contribution in [2.45, 2.75) is 6.42 Å². The summed E-state index contributed by atoms with van der Waals surface area (Å²) in [5.41, 5.74) is 2.10. The van der Waals surface area contributed by atoms with Crippen LogP contribution in [0.5, 0.6) is 0 Å². The largest absolute Gasteiger partial charge is 0.396 e. The van der Waals surface area contributed by atoms with Gasteiger partial charge in [0.15, 0.2) is 0 Å². The van der Waals surface area contributed by atoms with Crippen molar-refractivity contribution in [3.63, 3.8) is 0 Å². The van der Waals surface area contributed by atoms with Crippen LogP contribution in [0, 0.1) is 11.7 Å². The highest BCUT2D eigenvalue weighted by molar-refractivity contribution is 5.57. The normalized spacial score (nSPS) is 23.5. The van der Waals surface area contributed by atoms with Crippen LogP contribution in [0.2, 0.25) is 0 Å². The van der Waals surface area contributed by atoms with E-state index in [1.807, 2.05) is 12.1 Å². The highest BCUT2D eigenvalue weighted by Gasteiger charge is 2.27. The first-order valence-electron chi connectivity index (χ1n) is 4.36. The monoisotopic (exact) mass is 178 g/mol. The Bertz CT molecular complexity index is 344. The highest BCUT2D eigenvalue weighted by atomic mass is 19.1. The molecule has 0 amide bonds. The van der Waals surface area contributed by atoms with E-state index < -0.39 is 0 Å². The van der Waals surface area contributed by atoms with Gasteiger partial charge in [-0.2, -0.15) is 0 Å². The molecule has 1 N–H and O–H groups in total. The topological polar surface area (TPSA) is 20.2 Å². The predicted molar refractivity (Wildman–Crippen MR) is 49.6 cm³/mol. The van der Waals surface area contributed by atoms with Crippen LogP contribution in [0.1, 0.15) is 12.0 Å². The minimum Gasteiger partial charge on any atom is -0.396 e. The lowest BCUT2D eigenvalue weighted by molar-refractivity contribution is 0.281. The maximum Gasteiger partial charge on any atom is 0.123 e. The SMILES string of the molecule is OCC1C/C1=C\c1cccc(F)c1. The first-order valence-corrected chi connectivity index (χ1v) is 4.36. The van der Waals surface area contributed by atoms with Gasteiger partial charge in [-0.1, -0.05) is 23.8 Å². The van der Waals surface area contributed by atoms with Gasteiger partial charge in [-0.15, -0.1) is 0 Å². The minimum atomic E-state index is -0.212. The molecule has 1 nitrogen and oxygen atoms in total. The maximum absolute atomic E-state index is 12.7. The van der Waals surface area contributed by atoms with Gasteiger partial charge in [0.25, 0.3) is 0 Å². The molecule has 2 rings (SSSR count). The lowest BCUT2D eigenvalue weighted by Crippen LogP contribution is -1.81. The van der Waals surface area contributed by atoms with Gasteiger partial charge in [0.2, 0.25) is 0 Å². The zero-order chi connectivity index (χ0) is 9.26. The molecule has 1 aliphatic carbocycles. The van der Waals surface area contributed by atoms with Crippen LogP contribution in [0.25, 0.3) is 6.08 Å². The van der Waals surface area contributed by atoms with E-state index in [-0.39, 0.29) is 12.4 Å². The van der Waals surface area contributed by atoms with E-state index in [4.69, 9.17) is 5.11 Å². The van der Waals surface area contributed by atoms with Crippen molar-refractivity contribution in [3.8, 4) is 0 Å². The molecule has 0 saturated heterocycles. The Morgan fingerprint density at radius 1 is 1.54 bits per heavy atom. The maximum atomic E-state index is 12.7. The molecule has 1 aromatic carbocycles. The summed E-state index contributed by atoms with van der Waals surface area (Å²) >= 11 is 0. The molecule has 1 atom stereocenters. The lowest BCUT2D eigenvalue weighted by atomic mass is 10.2. The second kappa shape index (κ2) is 3.30. The fourth-order valence-electron chi connectivity index (χ4n) is 1.39. The van der Waals surface area contributed by atoms with E-state index in [1.165, 1.54) is 17.7 Å². The van der Waals surface area contributed by atoms with Crippen molar-refractivity contribution < 1.29 is 9.50 Å². The number of aliphatic hydroxyl groups is 1. The summed E-state index contributed by atoms with van der Waals surface area (Å²) in [6.07, 6.45) is 2.90. The molecular weight excluding hydrogens is 167 g/mol. The molecular formula is C11H11FO. The van der Waals surface area contributed by atoms with Gasteiger partial charge < -0.3 is 5.11 Å². The standard InChI is InChI=1S/C11H11FO/c12-11-3-1-2-8(5-11)4-9-6-10(9)7-13/h1-5,10,13H,6-7H2/b9-4+. The fraction of sp³-hybridized carbons (Fsp3) is 0.273. The fourth-order valence-corrected chi connectivity index (χ4v) is 1.39. The third kappa shape index (κ3) is 1.95. The average molecular weight is 178 g/mol. The van der Waals surface area contributed by atoms with Crippen molar-refractivity contribution in [1.29, 1.82) is 0 Å². The smallest absolute Gasteiger partial charge is 0.123 e. The Hall–Kier alpha value is -1.15. The molecule has 0 spiro atoms. The zero-order valence-electron chi connectivity index (χ0n) is 7.20. The highest BCUT2D eigenvalue weighted by Crippen LogP contribution is 2.38. The van der Waals surface area contributed by atoms with Crippen molar-refractivity contribution in [3.05, 3.63) is 41.2 Å². The number of hydrogen-bond donors (Lipinski definition) is 1. The summed E-state index contributed by atoms with van der Waals surface area (Å²) in [4.78, 5) is 0. The summed E-state index contributed by atoms with van der Waals surface area (Å²) in [7, 11) is 0. The molecule has 0 heterocycles. The summed E-state index contributed by atoms with van der Waals surface area (Å²) in [5, 5.41) is 8.79. The molecule has 1 unspecified atom stereocenters. The van der Waals surface area contributed by atoms with E-state index in [9.17, 15) is 4.39 Å². The number of rotatable bonds is 2. The predicted octanol–water partition coefficient (Wildman–Crippen LogP) is 2.22. The van der Waals surface area contributed by atoms with E-state index in [0.29, 0.717) is 5.92 Å². The minimum absolute atomic E-state index is 0.209. The Kier molecular flexibility index (Phi) is 2.15. The van der Waals surface area contributed by atoms with Crippen LogP contribution in [-0.2, 0) is 0 Å². The van der Waals surface area contributed by atoms with Crippen LogP contribution in [-0.4, -0.2) is 11.7 Å². The van der Waals surface area contributed by atoms with Gasteiger partial charge in [-0.25, -0.2) is 4.39 Å². The number of aliphatic hydroxyl groups excluding tert-OH is 1. The van der Waals surface area contributed by atoms with Crippen LogP contribution >= 0.6 is 0 Å². The number of benzene rings is 1. The van der Waals surface area contributed by atoms with Crippen LogP contribution < -0.4 is 0 Å². The number of hydrogen-bond acceptors (Lipinski definition) is 1. The third-order valence-corrected chi connectivity index (χ3v) is 2.27. The van der Waals surface area contributed by atoms with Crippen molar-refractivity contribution in [2.75, 3.05) is 6.61 Å². The quantitative estimate of drug-likeness (QED) is 0.736. The van der Waals surface area contributed by atoms with Gasteiger partial charge in [0, 0.05) is 12.5 Å². The lowest BCUT2D eigenvalue weighted by Gasteiger charge is -1.92. The van der Waals surface area contributed by atoms with Gasteiger partial charge in [-0.05, 0) is 24.1 Å². The molecule has 1 aliphatic rings. The molecule has 1 fully saturated rings. The van der Waals surface area contributed by atoms with E-state index >= 15 is 0 Å². The van der Waals surface area contributed by atoms with Crippen LogP contribution in [0.3, 0.4) is 0 Å². The van der Waals surface area contributed by atoms with Crippen molar-refractivity contribution >= 4 is 6.08 Å². The van der Waals surface area contributed by atoms with E-state index in [0.717, 1.165) is 12.0 Å². The summed E-state index contributed by atoms with van der Waals surface area (Å²) in [6.45, 7) is 0.209. The molecule has 0 radical (unpaired) electrons.